The van der Waals surface area contributed by atoms with Gasteiger partial charge in [0.1, 0.15) is 12.4 Å². The SMILES string of the molecule is CC(C)(C)c1cccc(OCCNc2ccc(Cl)cc2)c1. The van der Waals surface area contributed by atoms with Crippen LogP contribution in [0.15, 0.2) is 48.5 Å². The third-order valence-corrected chi connectivity index (χ3v) is 3.50. The van der Waals surface area contributed by atoms with Crippen molar-refractivity contribution in [3.05, 3.63) is 59.1 Å². The molecule has 0 aliphatic heterocycles. The second kappa shape index (κ2) is 6.86. The molecule has 0 aliphatic carbocycles. The highest BCUT2D eigenvalue weighted by Gasteiger charge is 2.13. The molecular formula is C18H22ClNO. The van der Waals surface area contributed by atoms with Gasteiger partial charge in [0.25, 0.3) is 0 Å². The van der Waals surface area contributed by atoms with Crippen molar-refractivity contribution >= 4 is 17.3 Å². The summed E-state index contributed by atoms with van der Waals surface area (Å²) in [6.07, 6.45) is 0. The number of hydrogen-bond donors (Lipinski definition) is 1. The Kier molecular flexibility index (Phi) is 5.13. The lowest BCUT2D eigenvalue weighted by atomic mass is 9.87. The average molecular weight is 304 g/mol. The molecule has 1 N–H and O–H groups in total. The fourth-order valence-corrected chi connectivity index (χ4v) is 2.11. The summed E-state index contributed by atoms with van der Waals surface area (Å²) in [5.41, 5.74) is 2.47. The van der Waals surface area contributed by atoms with Gasteiger partial charge in [-0.2, -0.15) is 0 Å². The van der Waals surface area contributed by atoms with Crippen LogP contribution in [0.1, 0.15) is 26.3 Å². The maximum atomic E-state index is 5.85. The Morgan fingerprint density at radius 3 is 2.43 bits per heavy atom. The van der Waals surface area contributed by atoms with Gasteiger partial charge in [-0.3, -0.25) is 0 Å². The Balaban J connectivity index is 1.82. The molecule has 0 amide bonds. The first kappa shape index (κ1) is 15.7. The van der Waals surface area contributed by atoms with Gasteiger partial charge >= 0.3 is 0 Å². The highest BCUT2D eigenvalue weighted by Crippen LogP contribution is 2.25. The Bertz CT molecular complexity index is 573. The predicted molar refractivity (Wildman–Crippen MR) is 90.6 cm³/mol. The second-order valence-electron chi connectivity index (χ2n) is 6.06. The van der Waals surface area contributed by atoms with Crippen LogP contribution in [0.5, 0.6) is 5.75 Å². The molecule has 0 unspecified atom stereocenters. The van der Waals surface area contributed by atoms with Crippen molar-refractivity contribution in [1.82, 2.24) is 0 Å². The zero-order valence-electron chi connectivity index (χ0n) is 12.8. The number of nitrogens with one attached hydrogen (secondary N) is 1. The molecule has 21 heavy (non-hydrogen) atoms. The van der Waals surface area contributed by atoms with E-state index in [9.17, 15) is 0 Å². The van der Waals surface area contributed by atoms with E-state index in [-0.39, 0.29) is 5.41 Å². The van der Waals surface area contributed by atoms with Gasteiger partial charge < -0.3 is 10.1 Å². The predicted octanol–water partition coefficient (Wildman–Crippen LogP) is 5.13. The number of anilines is 1. The summed E-state index contributed by atoms with van der Waals surface area (Å²) in [5, 5.41) is 4.05. The molecule has 0 spiro atoms. The topological polar surface area (TPSA) is 21.3 Å². The normalized spacial score (nSPS) is 11.2. The standard InChI is InChI=1S/C18H22ClNO/c1-18(2,3)14-5-4-6-17(13-14)21-12-11-20-16-9-7-15(19)8-10-16/h4-10,13,20H,11-12H2,1-3H3. The first-order chi connectivity index (χ1) is 9.95. The van der Waals surface area contributed by atoms with Crippen LogP contribution in [-0.4, -0.2) is 13.2 Å². The van der Waals surface area contributed by atoms with Gasteiger partial charge in [-0.05, 0) is 47.4 Å². The van der Waals surface area contributed by atoms with Crippen molar-refractivity contribution in [3.63, 3.8) is 0 Å². The fourth-order valence-electron chi connectivity index (χ4n) is 1.98. The van der Waals surface area contributed by atoms with E-state index in [1.165, 1.54) is 5.56 Å². The highest BCUT2D eigenvalue weighted by atomic mass is 35.5. The first-order valence-electron chi connectivity index (χ1n) is 7.18. The lowest BCUT2D eigenvalue weighted by Crippen LogP contribution is -2.13. The maximum Gasteiger partial charge on any atom is 0.119 e. The van der Waals surface area contributed by atoms with E-state index in [0.717, 1.165) is 23.0 Å². The number of hydrogen-bond acceptors (Lipinski definition) is 2. The second-order valence-corrected chi connectivity index (χ2v) is 6.50. The molecule has 0 radical (unpaired) electrons. The summed E-state index contributed by atoms with van der Waals surface area (Å²) in [5.74, 6) is 0.917. The largest absolute Gasteiger partial charge is 0.492 e. The van der Waals surface area contributed by atoms with E-state index in [2.05, 4.69) is 38.2 Å². The molecule has 2 rings (SSSR count). The van der Waals surface area contributed by atoms with E-state index in [1.807, 2.05) is 36.4 Å². The summed E-state index contributed by atoms with van der Waals surface area (Å²) in [6.45, 7) is 7.98. The minimum Gasteiger partial charge on any atom is -0.492 e. The molecule has 112 valence electrons. The first-order valence-corrected chi connectivity index (χ1v) is 7.56. The molecule has 0 aliphatic rings. The van der Waals surface area contributed by atoms with Crippen molar-refractivity contribution in [1.29, 1.82) is 0 Å². The van der Waals surface area contributed by atoms with Crippen LogP contribution in [-0.2, 0) is 5.41 Å². The summed E-state index contributed by atoms with van der Waals surface area (Å²) in [7, 11) is 0. The van der Waals surface area contributed by atoms with E-state index >= 15 is 0 Å². The monoisotopic (exact) mass is 303 g/mol. The molecule has 0 saturated heterocycles. The number of benzene rings is 2. The average Bonchev–Trinajstić information content (AvgIpc) is 2.45. The summed E-state index contributed by atoms with van der Waals surface area (Å²) >= 11 is 5.85. The minimum absolute atomic E-state index is 0.140. The summed E-state index contributed by atoms with van der Waals surface area (Å²) in [4.78, 5) is 0. The van der Waals surface area contributed by atoms with E-state index in [0.29, 0.717) is 6.61 Å². The third-order valence-electron chi connectivity index (χ3n) is 3.24. The van der Waals surface area contributed by atoms with Crippen LogP contribution in [0, 0.1) is 0 Å². The molecule has 2 aromatic rings. The zero-order valence-corrected chi connectivity index (χ0v) is 13.6. The lowest BCUT2D eigenvalue weighted by molar-refractivity contribution is 0.332. The molecule has 2 nitrogen and oxygen atoms in total. The molecule has 0 aromatic heterocycles. The lowest BCUT2D eigenvalue weighted by Gasteiger charge is -2.19. The smallest absolute Gasteiger partial charge is 0.119 e. The summed E-state index contributed by atoms with van der Waals surface area (Å²) in [6, 6.07) is 16.0. The Labute approximate surface area is 132 Å². The number of halogens is 1. The van der Waals surface area contributed by atoms with Gasteiger partial charge in [-0.15, -0.1) is 0 Å². The van der Waals surface area contributed by atoms with Crippen molar-refractivity contribution in [2.24, 2.45) is 0 Å². The molecule has 2 aromatic carbocycles. The van der Waals surface area contributed by atoms with Crippen LogP contribution in [0.2, 0.25) is 5.02 Å². The van der Waals surface area contributed by atoms with Crippen LogP contribution in [0.25, 0.3) is 0 Å². The van der Waals surface area contributed by atoms with Gasteiger partial charge in [0.05, 0.1) is 0 Å². The van der Waals surface area contributed by atoms with Crippen molar-refractivity contribution < 1.29 is 4.74 Å². The molecular weight excluding hydrogens is 282 g/mol. The van der Waals surface area contributed by atoms with Crippen LogP contribution in [0.3, 0.4) is 0 Å². The van der Waals surface area contributed by atoms with E-state index < -0.39 is 0 Å². The third kappa shape index (κ3) is 4.98. The van der Waals surface area contributed by atoms with Gasteiger partial charge in [-0.1, -0.05) is 44.5 Å². The minimum atomic E-state index is 0.140. The van der Waals surface area contributed by atoms with E-state index in [1.54, 1.807) is 0 Å². The maximum absolute atomic E-state index is 5.85. The fraction of sp³-hybridized carbons (Fsp3) is 0.333. The number of rotatable bonds is 5. The quantitative estimate of drug-likeness (QED) is 0.773. The molecule has 0 heterocycles. The van der Waals surface area contributed by atoms with Crippen molar-refractivity contribution in [3.8, 4) is 5.75 Å². The van der Waals surface area contributed by atoms with Crippen LogP contribution < -0.4 is 10.1 Å². The number of ether oxygens (including phenoxy) is 1. The molecule has 0 atom stereocenters. The van der Waals surface area contributed by atoms with Crippen molar-refractivity contribution in [2.75, 3.05) is 18.5 Å². The van der Waals surface area contributed by atoms with Gasteiger partial charge in [0.2, 0.25) is 0 Å². The Morgan fingerprint density at radius 2 is 1.76 bits per heavy atom. The van der Waals surface area contributed by atoms with Gasteiger partial charge in [0, 0.05) is 17.3 Å². The highest BCUT2D eigenvalue weighted by molar-refractivity contribution is 6.30. The van der Waals surface area contributed by atoms with Crippen LogP contribution in [0.4, 0.5) is 5.69 Å². The molecule has 0 fully saturated rings. The zero-order chi connectivity index (χ0) is 15.3. The summed E-state index contributed by atoms with van der Waals surface area (Å²) < 4.78 is 5.80. The van der Waals surface area contributed by atoms with Gasteiger partial charge in [-0.25, -0.2) is 0 Å². The Morgan fingerprint density at radius 1 is 1.05 bits per heavy atom. The van der Waals surface area contributed by atoms with Gasteiger partial charge in [0.15, 0.2) is 0 Å². The van der Waals surface area contributed by atoms with Crippen LogP contribution >= 0.6 is 11.6 Å². The molecule has 0 saturated carbocycles. The molecule has 0 bridgehead atoms. The van der Waals surface area contributed by atoms with Crippen molar-refractivity contribution in [2.45, 2.75) is 26.2 Å². The molecule has 3 heteroatoms. The Hall–Kier alpha value is -1.67. The van der Waals surface area contributed by atoms with E-state index in [4.69, 9.17) is 16.3 Å².